The first-order valence-corrected chi connectivity index (χ1v) is 6.30. The van der Waals surface area contributed by atoms with Crippen LogP contribution in [0.25, 0.3) is 0 Å². The lowest BCUT2D eigenvalue weighted by atomic mass is 9.97. The average molecular weight is 263 g/mol. The van der Waals surface area contributed by atoms with E-state index in [-0.39, 0.29) is 24.0 Å². The van der Waals surface area contributed by atoms with E-state index in [1.807, 2.05) is 51.1 Å². The summed E-state index contributed by atoms with van der Waals surface area (Å²) in [6.07, 6.45) is 0. The highest BCUT2D eigenvalue weighted by Gasteiger charge is 2.25. The molecule has 1 aromatic rings. The summed E-state index contributed by atoms with van der Waals surface area (Å²) in [5.74, 6) is -1.01. The van der Waals surface area contributed by atoms with E-state index in [0.717, 1.165) is 5.56 Å². The molecule has 19 heavy (non-hydrogen) atoms. The summed E-state index contributed by atoms with van der Waals surface area (Å²) in [5.41, 5.74) is 0.519. The van der Waals surface area contributed by atoms with Gasteiger partial charge in [0, 0.05) is 12.5 Å². The summed E-state index contributed by atoms with van der Waals surface area (Å²) in [4.78, 5) is 23.2. The van der Waals surface area contributed by atoms with Crippen LogP contribution in [0.15, 0.2) is 30.3 Å². The Balaban J connectivity index is 2.86. The number of ether oxygens (including phenoxy) is 1. The molecule has 0 heterocycles. The van der Waals surface area contributed by atoms with Crippen molar-refractivity contribution in [2.24, 2.45) is 0 Å². The molecule has 0 radical (unpaired) electrons. The van der Waals surface area contributed by atoms with Crippen LogP contribution in [0.5, 0.6) is 0 Å². The Bertz CT molecular complexity index is 434. The van der Waals surface area contributed by atoms with Crippen molar-refractivity contribution in [1.82, 2.24) is 5.32 Å². The lowest BCUT2D eigenvalue weighted by Gasteiger charge is -2.25. The topological polar surface area (TPSA) is 55.4 Å². The number of amides is 1. The van der Waals surface area contributed by atoms with Crippen LogP contribution < -0.4 is 5.32 Å². The molecule has 0 aliphatic rings. The first-order valence-electron chi connectivity index (χ1n) is 6.30. The van der Waals surface area contributed by atoms with Gasteiger partial charge in [-0.25, -0.2) is 0 Å². The molecular weight excluding hydrogens is 242 g/mol. The van der Waals surface area contributed by atoms with Gasteiger partial charge >= 0.3 is 5.97 Å². The second-order valence-electron chi connectivity index (χ2n) is 5.51. The first-order chi connectivity index (χ1) is 8.79. The average Bonchev–Trinajstić information content (AvgIpc) is 2.27. The van der Waals surface area contributed by atoms with E-state index >= 15 is 0 Å². The SMILES string of the molecule is CC(=O)OCC(C(=O)NC(C)(C)C)c1ccccc1. The smallest absolute Gasteiger partial charge is 0.302 e. The number of hydrogen-bond donors (Lipinski definition) is 1. The van der Waals surface area contributed by atoms with Crippen LogP contribution in [-0.2, 0) is 14.3 Å². The normalized spacial score (nSPS) is 12.6. The molecule has 0 bridgehead atoms. The number of rotatable bonds is 4. The summed E-state index contributed by atoms with van der Waals surface area (Å²) >= 11 is 0. The maximum Gasteiger partial charge on any atom is 0.302 e. The third-order valence-corrected chi connectivity index (χ3v) is 2.47. The number of hydrogen-bond acceptors (Lipinski definition) is 3. The number of carbonyl (C=O) groups is 2. The van der Waals surface area contributed by atoms with Crippen molar-refractivity contribution in [3.05, 3.63) is 35.9 Å². The summed E-state index contributed by atoms with van der Waals surface area (Å²) in [6, 6.07) is 9.32. The van der Waals surface area contributed by atoms with Crippen LogP contribution in [0.2, 0.25) is 0 Å². The van der Waals surface area contributed by atoms with E-state index in [1.54, 1.807) is 0 Å². The van der Waals surface area contributed by atoms with Gasteiger partial charge in [0.2, 0.25) is 5.91 Å². The van der Waals surface area contributed by atoms with Gasteiger partial charge < -0.3 is 10.1 Å². The van der Waals surface area contributed by atoms with Gasteiger partial charge in [-0.2, -0.15) is 0 Å². The van der Waals surface area contributed by atoms with Gasteiger partial charge in [-0.1, -0.05) is 30.3 Å². The van der Waals surface area contributed by atoms with Crippen LogP contribution in [0.1, 0.15) is 39.2 Å². The highest BCUT2D eigenvalue weighted by Crippen LogP contribution is 2.17. The Morgan fingerprint density at radius 1 is 1.21 bits per heavy atom. The van der Waals surface area contributed by atoms with Crippen molar-refractivity contribution < 1.29 is 14.3 Å². The zero-order valence-corrected chi connectivity index (χ0v) is 11.9. The van der Waals surface area contributed by atoms with Crippen LogP contribution in [0, 0.1) is 0 Å². The molecule has 104 valence electrons. The largest absolute Gasteiger partial charge is 0.465 e. The molecule has 0 spiro atoms. The maximum absolute atomic E-state index is 12.3. The van der Waals surface area contributed by atoms with Crippen molar-refractivity contribution in [3.8, 4) is 0 Å². The monoisotopic (exact) mass is 263 g/mol. The van der Waals surface area contributed by atoms with Gasteiger partial charge in [0.1, 0.15) is 6.61 Å². The van der Waals surface area contributed by atoms with Crippen molar-refractivity contribution >= 4 is 11.9 Å². The van der Waals surface area contributed by atoms with E-state index in [2.05, 4.69) is 5.32 Å². The van der Waals surface area contributed by atoms with Crippen molar-refractivity contribution in [3.63, 3.8) is 0 Å². The molecule has 0 aromatic heterocycles. The van der Waals surface area contributed by atoms with Gasteiger partial charge in [-0.05, 0) is 26.3 Å². The second-order valence-corrected chi connectivity index (χ2v) is 5.51. The van der Waals surface area contributed by atoms with Crippen LogP contribution in [-0.4, -0.2) is 24.0 Å². The summed E-state index contributed by atoms with van der Waals surface area (Å²) < 4.78 is 4.99. The third-order valence-electron chi connectivity index (χ3n) is 2.47. The molecule has 1 unspecified atom stereocenters. The lowest BCUT2D eigenvalue weighted by Crippen LogP contribution is -2.44. The summed E-state index contributed by atoms with van der Waals surface area (Å²) in [7, 11) is 0. The molecule has 0 saturated heterocycles. The highest BCUT2D eigenvalue weighted by atomic mass is 16.5. The molecule has 4 heteroatoms. The molecule has 1 N–H and O–H groups in total. The fraction of sp³-hybridized carbons (Fsp3) is 0.467. The zero-order valence-electron chi connectivity index (χ0n) is 11.9. The standard InChI is InChI=1S/C15H21NO3/c1-11(17)19-10-13(12-8-6-5-7-9-12)14(18)16-15(2,3)4/h5-9,13H,10H2,1-4H3,(H,16,18). The minimum atomic E-state index is -0.482. The van der Waals surface area contributed by atoms with Crippen LogP contribution in [0.3, 0.4) is 0 Å². The van der Waals surface area contributed by atoms with E-state index in [1.165, 1.54) is 6.92 Å². The molecule has 1 amide bonds. The Kier molecular flexibility index (Phi) is 5.10. The van der Waals surface area contributed by atoms with Gasteiger partial charge in [0.25, 0.3) is 0 Å². The Morgan fingerprint density at radius 3 is 2.26 bits per heavy atom. The molecule has 0 aliphatic heterocycles. The minimum absolute atomic E-state index is 0.0568. The fourth-order valence-corrected chi connectivity index (χ4v) is 1.67. The lowest BCUT2D eigenvalue weighted by molar-refractivity contribution is -0.142. The van der Waals surface area contributed by atoms with Crippen molar-refractivity contribution in [2.75, 3.05) is 6.61 Å². The van der Waals surface area contributed by atoms with E-state index < -0.39 is 5.92 Å². The maximum atomic E-state index is 12.3. The molecule has 0 fully saturated rings. The van der Waals surface area contributed by atoms with Gasteiger partial charge in [-0.3, -0.25) is 9.59 Å². The van der Waals surface area contributed by atoms with Crippen LogP contribution in [0.4, 0.5) is 0 Å². The number of carbonyl (C=O) groups excluding carboxylic acids is 2. The minimum Gasteiger partial charge on any atom is -0.465 e. The first kappa shape index (κ1) is 15.2. The quantitative estimate of drug-likeness (QED) is 0.848. The molecular formula is C15H21NO3. The molecule has 4 nitrogen and oxygen atoms in total. The Morgan fingerprint density at radius 2 is 1.79 bits per heavy atom. The van der Waals surface area contributed by atoms with E-state index in [4.69, 9.17) is 4.74 Å². The van der Waals surface area contributed by atoms with Gasteiger partial charge in [0.15, 0.2) is 0 Å². The predicted octanol–water partition coefficient (Wildman–Crippen LogP) is 2.25. The molecule has 0 aliphatic carbocycles. The molecule has 1 aromatic carbocycles. The molecule has 1 rings (SSSR count). The summed E-state index contributed by atoms with van der Waals surface area (Å²) in [6.45, 7) is 7.14. The molecule has 1 atom stereocenters. The van der Waals surface area contributed by atoms with Crippen LogP contribution >= 0.6 is 0 Å². The van der Waals surface area contributed by atoms with E-state index in [9.17, 15) is 9.59 Å². The fourth-order valence-electron chi connectivity index (χ4n) is 1.67. The third kappa shape index (κ3) is 5.55. The van der Waals surface area contributed by atoms with Gasteiger partial charge in [-0.15, -0.1) is 0 Å². The Hall–Kier alpha value is -1.84. The number of benzene rings is 1. The highest BCUT2D eigenvalue weighted by molar-refractivity contribution is 5.84. The number of esters is 1. The zero-order chi connectivity index (χ0) is 14.5. The molecule has 0 saturated carbocycles. The second kappa shape index (κ2) is 6.36. The van der Waals surface area contributed by atoms with Crippen molar-refractivity contribution in [2.45, 2.75) is 39.2 Å². The van der Waals surface area contributed by atoms with E-state index in [0.29, 0.717) is 0 Å². The summed E-state index contributed by atoms with van der Waals surface area (Å²) in [5, 5.41) is 2.91. The van der Waals surface area contributed by atoms with Gasteiger partial charge in [0.05, 0.1) is 5.92 Å². The van der Waals surface area contributed by atoms with Crippen molar-refractivity contribution in [1.29, 1.82) is 0 Å². The number of nitrogens with one attached hydrogen (secondary N) is 1. The Labute approximate surface area is 114 Å². The predicted molar refractivity (Wildman–Crippen MR) is 73.7 cm³/mol.